The summed E-state index contributed by atoms with van der Waals surface area (Å²) in [5, 5.41) is 0.384. The third kappa shape index (κ3) is 2.48. The quantitative estimate of drug-likeness (QED) is 0.907. The third-order valence-corrected chi connectivity index (χ3v) is 3.90. The van der Waals surface area contributed by atoms with Gasteiger partial charge in [-0.3, -0.25) is 9.36 Å². The first-order chi connectivity index (χ1) is 10.6. The van der Waals surface area contributed by atoms with E-state index in [9.17, 15) is 9.59 Å². The molecule has 0 bridgehead atoms. The van der Waals surface area contributed by atoms with Crippen LogP contribution in [0.15, 0.2) is 21.7 Å². The van der Waals surface area contributed by atoms with Gasteiger partial charge in [-0.1, -0.05) is 0 Å². The van der Waals surface area contributed by atoms with Crippen LogP contribution in [-0.4, -0.2) is 36.5 Å². The average Bonchev–Trinajstić information content (AvgIpc) is 3.03. The van der Waals surface area contributed by atoms with E-state index in [4.69, 9.17) is 14.2 Å². The zero-order chi connectivity index (χ0) is 15.7. The van der Waals surface area contributed by atoms with E-state index in [-0.39, 0.29) is 18.2 Å². The lowest BCUT2D eigenvalue weighted by atomic mass is 10.2. The van der Waals surface area contributed by atoms with E-state index in [1.54, 1.807) is 12.1 Å². The molecule has 1 saturated heterocycles. The van der Waals surface area contributed by atoms with Crippen molar-refractivity contribution in [3.05, 3.63) is 33.0 Å². The van der Waals surface area contributed by atoms with Crippen LogP contribution in [0.3, 0.4) is 0 Å². The molecular weight excluding hydrogens is 288 g/mol. The van der Waals surface area contributed by atoms with Crippen LogP contribution in [0.5, 0.6) is 11.5 Å². The molecule has 1 aromatic carbocycles. The first-order valence-corrected chi connectivity index (χ1v) is 7.14. The smallest absolute Gasteiger partial charge is 0.328 e. The topological polar surface area (TPSA) is 82.5 Å². The van der Waals surface area contributed by atoms with E-state index in [0.29, 0.717) is 29.0 Å². The molecule has 7 heteroatoms. The van der Waals surface area contributed by atoms with Crippen molar-refractivity contribution in [3.63, 3.8) is 0 Å². The van der Waals surface area contributed by atoms with Gasteiger partial charge in [0.05, 0.1) is 37.8 Å². The van der Waals surface area contributed by atoms with Gasteiger partial charge in [0.2, 0.25) is 0 Å². The van der Waals surface area contributed by atoms with Gasteiger partial charge in [0.1, 0.15) is 0 Å². The molecule has 3 rings (SSSR count). The number of aromatic nitrogens is 2. The molecular formula is C15H18N2O5. The predicted octanol–water partition coefficient (Wildman–Crippen LogP) is 0.886. The van der Waals surface area contributed by atoms with Gasteiger partial charge in [-0.25, -0.2) is 4.79 Å². The minimum atomic E-state index is -0.444. The van der Waals surface area contributed by atoms with E-state index in [0.717, 1.165) is 12.8 Å². The van der Waals surface area contributed by atoms with Crippen molar-refractivity contribution in [1.29, 1.82) is 0 Å². The van der Waals surface area contributed by atoms with Crippen molar-refractivity contribution in [2.75, 3.05) is 20.8 Å². The number of fused-ring (bicyclic) bond motifs is 1. The van der Waals surface area contributed by atoms with Gasteiger partial charge in [0.25, 0.3) is 5.56 Å². The van der Waals surface area contributed by atoms with Gasteiger partial charge >= 0.3 is 5.69 Å². The number of hydrogen-bond acceptors (Lipinski definition) is 5. The normalized spacial score (nSPS) is 17.8. The van der Waals surface area contributed by atoms with Crippen LogP contribution in [0.4, 0.5) is 0 Å². The molecule has 0 radical (unpaired) electrons. The molecule has 1 N–H and O–H groups in total. The largest absolute Gasteiger partial charge is 0.493 e. The Balaban J connectivity index is 2.14. The molecule has 7 nitrogen and oxygen atoms in total. The van der Waals surface area contributed by atoms with Crippen molar-refractivity contribution in [1.82, 2.24) is 9.55 Å². The molecule has 0 spiro atoms. The summed E-state index contributed by atoms with van der Waals surface area (Å²) in [7, 11) is 3.00. The second-order valence-electron chi connectivity index (χ2n) is 5.23. The Bertz CT molecular complexity index is 802. The number of rotatable bonds is 4. The monoisotopic (exact) mass is 306 g/mol. The zero-order valence-corrected chi connectivity index (χ0v) is 12.5. The highest BCUT2D eigenvalue weighted by Crippen LogP contribution is 2.29. The predicted molar refractivity (Wildman–Crippen MR) is 80.9 cm³/mol. The molecule has 1 aromatic heterocycles. The Morgan fingerprint density at radius 1 is 1.27 bits per heavy atom. The van der Waals surface area contributed by atoms with E-state index >= 15 is 0 Å². The number of nitrogens with one attached hydrogen (secondary N) is 1. The van der Waals surface area contributed by atoms with Crippen LogP contribution >= 0.6 is 0 Å². The minimum absolute atomic E-state index is 0.0867. The fourth-order valence-corrected chi connectivity index (χ4v) is 2.74. The fourth-order valence-electron chi connectivity index (χ4n) is 2.74. The average molecular weight is 306 g/mol. The lowest BCUT2D eigenvalue weighted by molar-refractivity contribution is 0.0952. The Kier molecular flexibility index (Phi) is 3.89. The maximum Gasteiger partial charge on any atom is 0.328 e. The Labute approximate surface area is 126 Å². The number of hydrogen-bond donors (Lipinski definition) is 1. The van der Waals surface area contributed by atoms with E-state index < -0.39 is 5.69 Å². The molecule has 22 heavy (non-hydrogen) atoms. The van der Waals surface area contributed by atoms with Crippen molar-refractivity contribution < 1.29 is 14.2 Å². The summed E-state index contributed by atoms with van der Waals surface area (Å²) in [4.78, 5) is 27.5. The highest BCUT2D eigenvalue weighted by atomic mass is 16.5. The van der Waals surface area contributed by atoms with Gasteiger partial charge in [0, 0.05) is 12.7 Å². The van der Waals surface area contributed by atoms with Gasteiger partial charge < -0.3 is 19.2 Å². The van der Waals surface area contributed by atoms with Crippen LogP contribution in [-0.2, 0) is 11.3 Å². The third-order valence-electron chi connectivity index (χ3n) is 3.90. The minimum Gasteiger partial charge on any atom is -0.493 e. The van der Waals surface area contributed by atoms with Crippen LogP contribution in [0, 0.1) is 0 Å². The number of aromatic amines is 1. The zero-order valence-electron chi connectivity index (χ0n) is 12.5. The van der Waals surface area contributed by atoms with Crippen LogP contribution in [0.1, 0.15) is 12.8 Å². The van der Waals surface area contributed by atoms with E-state index in [1.165, 1.54) is 18.8 Å². The van der Waals surface area contributed by atoms with Crippen LogP contribution in [0.2, 0.25) is 0 Å². The molecule has 1 fully saturated rings. The van der Waals surface area contributed by atoms with Gasteiger partial charge in [0.15, 0.2) is 11.5 Å². The van der Waals surface area contributed by atoms with Gasteiger partial charge in [-0.15, -0.1) is 0 Å². The van der Waals surface area contributed by atoms with Gasteiger partial charge in [-0.2, -0.15) is 0 Å². The van der Waals surface area contributed by atoms with Crippen molar-refractivity contribution >= 4 is 10.9 Å². The fraction of sp³-hybridized carbons (Fsp3) is 0.467. The molecule has 1 aliphatic rings. The highest BCUT2D eigenvalue weighted by Gasteiger charge is 2.19. The summed E-state index contributed by atoms with van der Waals surface area (Å²) in [5.41, 5.74) is -0.369. The number of methoxy groups -OCH3 is 2. The van der Waals surface area contributed by atoms with Crippen LogP contribution in [0.25, 0.3) is 10.9 Å². The summed E-state index contributed by atoms with van der Waals surface area (Å²) in [6.45, 7) is 0.939. The lowest BCUT2D eigenvalue weighted by Crippen LogP contribution is -2.38. The summed E-state index contributed by atoms with van der Waals surface area (Å²) in [5.74, 6) is 0.907. The molecule has 0 unspecified atom stereocenters. The molecule has 2 heterocycles. The number of benzene rings is 1. The number of nitrogens with zero attached hydrogens (tertiary/aromatic N) is 1. The first-order valence-electron chi connectivity index (χ1n) is 7.14. The maximum absolute atomic E-state index is 12.6. The van der Waals surface area contributed by atoms with Gasteiger partial charge in [-0.05, 0) is 18.9 Å². The molecule has 0 amide bonds. The van der Waals surface area contributed by atoms with Crippen LogP contribution < -0.4 is 20.7 Å². The maximum atomic E-state index is 12.6. The first kappa shape index (κ1) is 14.6. The molecule has 0 aliphatic carbocycles. The lowest BCUT2D eigenvalue weighted by Gasteiger charge is -2.13. The SMILES string of the molecule is COc1cc2[nH]c(=O)n(C[C@@H]3CCCO3)c(=O)c2cc1OC. The second kappa shape index (κ2) is 5.84. The molecule has 0 saturated carbocycles. The number of H-pyrrole nitrogens is 1. The van der Waals surface area contributed by atoms with Crippen molar-refractivity contribution in [2.45, 2.75) is 25.5 Å². The summed E-state index contributed by atoms with van der Waals surface area (Å²) < 4.78 is 17.1. The Morgan fingerprint density at radius 2 is 2.00 bits per heavy atom. The Hall–Kier alpha value is -2.28. The molecule has 1 aliphatic heterocycles. The van der Waals surface area contributed by atoms with Crippen molar-refractivity contribution in [2.24, 2.45) is 0 Å². The van der Waals surface area contributed by atoms with E-state index in [1.807, 2.05) is 0 Å². The molecule has 2 aromatic rings. The Morgan fingerprint density at radius 3 is 2.64 bits per heavy atom. The van der Waals surface area contributed by atoms with Crippen molar-refractivity contribution in [3.8, 4) is 11.5 Å². The highest BCUT2D eigenvalue weighted by molar-refractivity contribution is 5.81. The molecule has 118 valence electrons. The molecule has 1 atom stereocenters. The number of ether oxygens (including phenoxy) is 3. The summed E-state index contributed by atoms with van der Waals surface area (Å²) in [6, 6.07) is 3.17. The van der Waals surface area contributed by atoms with E-state index in [2.05, 4.69) is 4.98 Å². The standard InChI is InChI=1S/C15H18N2O5/c1-20-12-6-10-11(7-13(12)21-2)16-15(19)17(14(10)18)8-9-4-3-5-22-9/h6-7,9H,3-5,8H2,1-2H3,(H,16,19)/t9-/m0/s1. The summed E-state index contributed by atoms with van der Waals surface area (Å²) >= 11 is 0. The summed E-state index contributed by atoms with van der Waals surface area (Å²) in [6.07, 6.45) is 1.72. The second-order valence-corrected chi connectivity index (χ2v) is 5.23.